The third-order valence-electron chi connectivity index (χ3n) is 4.22. The van der Waals surface area contributed by atoms with Crippen LogP contribution in [0.2, 0.25) is 0 Å². The van der Waals surface area contributed by atoms with Crippen molar-refractivity contribution in [1.29, 1.82) is 0 Å². The van der Waals surface area contributed by atoms with Crippen LogP contribution in [0.5, 0.6) is 0 Å². The van der Waals surface area contributed by atoms with Crippen molar-refractivity contribution in [1.82, 2.24) is 0 Å². The molecule has 3 unspecified atom stereocenters. The van der Waals surface area contributed by atoms with Gasteiger partial charge in [-0.2, -0.15) is 0 Å². The first-order chi connectivity index (χ1) is 11.1. The molecule has 0 fully saturated rings. The monoisotopic (exact) mass is 349 g/mol. The number of methoxy groups -OCH3 is 1. The van der Waals surface area contributed by atoms with Crippen LogP contribution >= 0.6 is 0 Å². The Hall–Kier alpha value is 0.0300. The predicted molar refractivity (Wildman–Crippen MR) is 96.2 cm³/mol. The highest BCUT2D eigenvalue weighted by atomic mass is 32.2. The molecule has 0 radical (unpaired) electrons. The molecule has 23 heavy (non-hydrogen) atoms. The molecule has 0 saturated heterocycles. The molecular formula is C18H37O4S-. The van der Waals surface area contributed by atoms with Gasteiger partial charge in [0.15, 0.2) is 0 Å². The van der Waals surface area contributed by atoms with Gasteiger partial charge in [-0.15, -0.1) is 0 Å². The fourth-order valence-electron chi connectivity index (χ4n) is 2.60. The molecule has 0 bridgehead atoms. The van der Waals surface area contributed by atoms with Gasteiger partial charge in [0.25, 0.3) is 0 Å². The lowest BCUT2D eigenvalue weighted by Gasteiger charge is -2.25. The van der Waals surface area contributed by atoms with Gasteiger partial charge < -0.3 is 14.0 Å². The maximum Gasteiger partial charge on any atom is 0.145 e. The lowest BCUT2D eigenvalue weighted by atomic mass is 10.1. The summed E-state index contributed by atoms with van der Waals surface area (Å²) in [6.07, 6.45) is 15.0. The Morgan fingerprint density at radius 3 is 1.70 bits per heavy atom. The van der Waals surface area contributed by atoms with Crippen LogP contribution in [0, 0.1) is 0 Å². The Balaban J connectivity index is 3.34. The van der Waals surface area contributed by atoms with Crippen LogP contribution in [0.4, 0.5) is 0 Å². The van der Waals surface area contributed by atoms with E-state index < -0.39 is 22.6 Å². The van der Waals surface area contributed by atoms with Crippen molar-refractivity contribution < 1.29 is 18.2 Å². The fraction of sp³-hybridized carbons (Fsp3) is 1.00. The third-order valence-corrected chi connectivity index (χ3v) is 5.12. The number of rotatable bonds is 17. The molecule has 0 spiro atoms. The van der Waals surface area contributed by atoms with Gasteiger partial charge in [-0.25, -0.2) is 0 Å². The molecule has 140 valence electrons. The minimum atomic E-state index is -2.25. The molecule has 3 atom stereocenters. The summed E-state index contributed by atoms with van der Waals surface area (Å²) in [6, 6.07) is 0. The quantitative estimate of drug-likeness (QED) is 0.275. The lowest BCUT2D eigenvalue weighted by Crippen LogP contribution is -2.32. The smallest absolute Gasteiger partial charge is 0.145 e. The first-order valence-electron chi connectivity index (χ1n) is 9.36. The van der Waals surface area contributed by atoms with Crippen molar-refractivity contribution >= 4 is 11.1 Å². The molecule has 0 aliphatic rings. The first-order valence-corrected chi connectivity index (χ1v) is 10.5. The topological polar surface area (TPSA) is 58.6 Å². The summed E-state index contributed by atoms with van der Waals surface area (Å²) < 4.78 is 32.5. The van der Waals surface area contributed by atoms with E-state index in [1.807, 2.05) is 0 Å². The second-order valence-corrected chi connectivity index (χ2v) is 7.32. The summed E-state index contributed by atoms with van der Waals surface area (Å²) in [5.74, 6) is 0. The van der Waals surface area contributed by atoms with E-state index in [-0.39, 0.29) is 0 Å². The molecule has 0 aromatic heterocycles. The van der Waals surface area contributed by atoms with Gasteiger partial charge in [0, 0.05) is 13.7 Å². The Labute approximate surface area is 146 Å². The van der Waals surface area contributed by atoms with E-state index in [4.69, 9.17) is 9.47 Å². The summed E-state index contributed by atoms with van der Waals surface area (Å²) in [5, 5.41) is 0. The van der Waals surface area contributed by atoms with E-state index in [0.717, 1.165) is 12.8 Å². The van der Waals surface area contributed by atoms with Crippen molar-refractivity contribution in [3.8, 4) is 0 Å². The number of hydrogen-bond acceptors (Lipinski definition) is 4. The van der Waals surface area contributed by atoms with Gasteiger partial charge in [0.05, 0.1) is 6.10 Å². The van der Waals surface area contributed by atoms with Crippen molar-refractivity contribution in [2.45, 2.75) is 102 Å². The highest BCUT2D eigenvalue weighted by Crippen LogP contribution is 2.13. The largest absolute Gasteiger partial charge is 0.770 e. The van der Waals surface area contributed by atoms with Gasteiger partial charge in [0.2, 0.25) is 0 Å². The minimum absolute atomic E-state index is 0.425. The molecule has 4 nitrogen and oxygen atoms in total. The molecule has 0 heterocycles. The Bertz CT molecular complexity index is 274. The SMILES string of the molecule is CCCCCCCCCCCCCCOC(C(C)OC)S(=O)[O-]. The van der Waals surface area contributed by atoms with Gasteiger partial charge in [-0.1, -0.05) is 77.6 Å². The van der Waals surface area contributed by atoms with Crippen molar-refractivity contribution in [2.24, 2.45) is 0 Å². The molecule has 0 N–H and O–H groups in total. The van der Waals surface area contributed by atoms with Gasteiger partial charge in [0.1, 0.15) is 5.44 Å². The lowest BCUT2D eigenvalue weighted by molar-refractivity contribution is -0.00819. The summed E-state index contributed by atoms with van der Waals surface area (Å²) >= 11 is -2.25. The molecule has 0 saturated carbocycles. The molecule has 5 heteroatoms. The summed E-state index contributed by atoms with van der Waals surface area (Å²) in [5.41, 5.74) is -0.854. The van der Waals surface area contributed by atoms with E-state index in [9.17, 15) is 8.76 Å². The molecule has 0 aromatic rings. The number of hydrogen-bond donors (Lipinski definition) is 0. The van der Waals surface area contributed by atoms with Crippen molar-refractivity contribution in [2.75, 3.05) is 13.7 Å². The summed E-state index contributed by atoms with van der Waals surface area (Å²) in [4.78, 5) is 0. The Kier molecular flexibility index (Phi) is 16.9. The van der Waals surface area contributed by atoms with Crippen LogP contribution in [0.25, 0.3) is 0 Å². The zero-order chi connectivity index (χ0) is 17.3. The zero-order valence-electron chi connectivity index (χ0n) is 15.4. The fourth-order valence-corrected chi connectivity index (χ4v) is 3.23. The van der Waals surface area contributed by atoms with Crippen molar-refractivity contribution in [3.05, 3.63) is 0 Å². The first kappa shape index (κ1) is 23.0. The van der Waals surface area contributed by atoms with Crippen LogP contribution in [0.15, 0.2) is 0 Å². The maximum atomic E-state index is 11.0. The van der Waals surface area contributed by atoms with E-state index >= 15 is 0 Å². The third kappa shape index (κ3) is 14.1. The van der Waals surface area contributed by atoms with E-state index in [2.05, 4.69) is 6.92 Å². The number of unbranched alkanes of at least 4 members (excludes halogenated alkanes) is 11. The second-order valence-electron chi connectivity index (χ2n) is 6.33. The standard InChI is InChI=1S/C18H38O4S/c1-4-5-6-7-8-9-10-11-12-13-14-15-16-22-18(23(19)20)17(2)21-3/h17-18H,4-16H2,1-3H3,(H,19,20)/p-1. The predicted octanol–water partition coefficient (Wildman–Crippen LogP) is 4.94. The normalized spacial score (nSPS) is 15.5. The van der Waals surface area contributed by atoms with Crippen LogP contribution in [0.3, 0.4) is 0 Å². The van der Waals surface area contributed by atoms with Crippen LogP contribution in [0.1, 0.15) is 90.9 Å². The average molecular weight is 350 g/mol. The van der Waals surface area contributed by atoms with Crippen molar-refractivity contribution in [3.63, 3.8) is 0 Å². The Morgan fingerprint density at radius 2 is 1.30 bits per heavy atom. The van der Waals surface area contributed by atoms with Crippen LogP contribution < -0.4 is 0 Å². The van der Waals surface area contributed by atoms with Crippen LogP contribution in [-0.2, 0) is 20.6 Å². The maximum absolute atomic E-state index is 11.0. The number of ether oxygens (including phenoxy) is 2. The molecule has 0 aromatic carbocycles. The van der Waals surface area contributed by atoms with Crippen LogP contribution in [-0.4, -0.2) is 34.0 Å². The van der Waals surface area contributed by atoms with E-state index in [1.165, 1.54) is 71.3 Å². The molecular weight excluding hydrogens is 312 g/mol. The second kappa shape index (κ2) is 16.9. The molecule has 0 amide bonds. The van der Waals surface area contributed by atoms with Gasteiger partial charge in [-0.3, -0.25) is 4.21 Å². The highest BCUT2D eigenvalue weighted by Gasteiger charge is 2.17. The minimum Gasteiger partial charge on any atom is -0.770 e. The molecule has 0 rings (SSSR count). The molecule has 0 aliphatic carbocycles. The molecule has 0 aliphatic heterocycles. The van der Waals surface area contributed by atoms with E-state index in [1.54, 1.807) is 6.92 Å². The highest BCUT2D eigenvalue weighted by molar-refractivity contribution is 7.79. The summed E-state index contributed by atoms with van der Waals surface area (Å²) in [7, 11) is 1.50. The Morgan fingerprint density at radius 1 is 0.870 bits per heavy atom. The van der Waals surface area contributed by atoms with E-state index in [0.29, 0.717) is 6.61 Å². The zero-order valence-corrected chi connectivity index (χ0v) is 16.2. The van der Waals surface area contributed by atoms with Gasteiger partial charge >= 0.3 is 0 Å². The van der Waals surface area contributed by atoms with Gasteiger partial charge in [-0.05, 0) is 24.4 Å². The average Bonchev–Trinajstić information content (AvgIpc) is 2.54. The summed E-state index contributed by atoms with van der Waals surface area (Å²) in [6.45, 7) is 4.45.